The van der Waals surface area contributed by atoms with Crippen LogP contribution in [0.1, 0.15) is 40.0 Å². The molecular formula is C20H18FN3O. The van der Waals surface area contributed by atoms with Crippen LogP contribution in [0.2, 0.25) is 0 Å². The van der Waals surface area contributed by atoms with Gasteiger partial charge >= 0.3 is 0 Å². The van der Waals surface area contributed by atoms with Crippen LogP contribution in [-0.4, -0.2) is 17.1 Å². The Labute approximate surface area is 144 Å². The Morgan fingerprint density at radius 3 is 2.92 bits per heavy atom. The Morgan fingerprint density at radius 1 is 1.16 bits per heavy atom. The molecule has 1 aliphatic rings. The van der Waals surface area contributed by atoms with Crippen molar-refractivity contribution in [3.63, 3.8) is 0 Å². The number of rotatable bonds is 3. The fraction of sp³-hybridized carbons (Fsp3) is 0.200. The molecule has 1 heterocycles. The van der Waals surface area contributed by atoms with Crippen LogP contribution < -0.4 is 5.43 Å². The van der Waals surface area contributed by atoms with E-state index in [1.54, 1.807) is 18.2 Å². The number of aromatic amines is 1. The monoisotopic (exact) mass is 335 g/mol. The second-order valence-electron chi connectivity index (χ2n) is 6.30. The lowest BCUT2D eigenvalue weighted by Gasteiger charge is -2.10. The van der Waals surface area contributed by atoms with Crippen LogP contribution in [-0.2, 0) is 12.8 Å². The molecule has 0 bridgehead atoms. The summed E-state index contributed by atoms with van der Waals surface area (Å²) in [5, 5.41) is 5.04. The predicted molar refractivity (Wildman–Crippen MR) is 96.4 cm³/mol. The van der Waals surface area contributed by atoms with Crippen molar-refractivity contribution >= 4 is 23.0 Å². The lowest BCUT2D eigenvalue weighted by atomic mass is 9.95. The molecule has 0 spiro atoms. The van der Waals surface area contributed by atoms with Gasteiger partial charge in [-0.15, -0.1) is 0 Å². The maximum atomic E-state index is 13.1. The van der Waals surface area contributed by atoms with Crippen molar-refractivity contribution in [2.24, 2.45) is 5.10 Å². The van der Waals surface area contributed by atoms with Crippen LogP contribution in [0.15, 0.2) is 47.6 Å². The van der Waals surface area contributed by atoms with E-state index in [2.05, 4.69) is 15.5 Å². The van der Waals surface area contributed by atoms with Gasteiger partial charge in [-0.05, 0) is 67.1 Å². The molecule has 0 fully saturated rings. The molecule has 0 aliphatic heterocycles. The first-order chi connectivity index (χ1) is 12.2. The summed E-state index contributed by atoms with van der Waals surface area (Å²) in [7, 11) is 0. The van der Waals surface area contributed by atoms with E-state index in [1.807, 2.05) is 12.1 Å². The molecule has 1 aliphatic carbocycles. The number of nitrogens with one attached hydrogen (secondary N) is 2. The Morgan fingerprint density at radius 2 is 2.04 bits per heavy atom. The molecule has 1 aromatic heterocycles. The second kappa shape index (κ2) is 6.51. The summed E-state index contributed by atoms with van der Waals surface area (Å²) in [6.07, 6.45) is 5.95. The smallest absolute Gasteiger partial charge is 0.271 e. The van der Waals surface area contributed by atoms with Crippen LogP contribution in [0.25, 0.3) is 10.9 Å². The quantitative estimate of drug-likeness (QED) is 0.553. The van der Waals surface area contributed by atoms with Gasteiger partial charge < -0.3 is 4.98 Å². The number of benzene rings is 2. The average Bonchev–Trinajstić information content (AvgIpc) is 2.99. The van der Waals surface area contributed by atoms with E-state index in [0.29, 0.717) is 11.1 Å². The summed E-state index contributed by atoms with van der Waals surface area (Å²) in [6.45, 7) is 0. The Kier molecular flexibility index (Phi) is 4.06. The molecule has 0 atom stereocenters. The number of H-pyrrole nitrogens is 1. The summed E-state index contributed by atoms with van der Waals surface area (Å²) < 4.78 is 13.1. The Balaban J connectivity index is 1.53. The van der Waals surface area contributed by atoms with Crippen LogP contribution in [0.3, 0.4) is 0 Å². The number of aromatic nitrogens is 1. The maximum Gasteiger partial charge on any atom is 0.271 e. The molecule has 4 rings (SSSR count). The Bertz CT molecular complexity index is 974. The van der Waals surface area contributed by atoms with E-state index in [4.69, 9.17) is 0 Å². The molecule has 4 nitrogen and oxygen atoms in total. The summed E-state index contributed by atoms with van der Waals surface area (Å²) in [5.74, 6) is -0.613. The third kappa shape index (κ3) is 3.18. The normalized spacial score (nSPS) is 14.0. The number of halogens is 1. The van der Waals surface area contributed by atoms with Gasteiger partial charge in [-0.25, -0.2) is 9.82 Å². The predicted octanol–water partition coefficient (Wildman–Crippen LogP) is 3.95. The first-order valence-corrected chi connectivity index (χ1v) is 8.43. The summed E-state index contributed by atoms with van der Waals surface area (Å²) in [6, 6.07) is 11.7. The number of hydrazone groups is 1. The molecule has 25 heavy (non-hydrogen) atoms. The minimum absolute atomic E-state index is 0.277. The fourth-order valence-electron chi connectivity index (χ4n) is 3.36. The van der Waals surface area contributed by atoms with E-state index >= 15 is 0 Å². The van der Waals surface area contributed by atoms with Gasteiger partial charge in [-0.1, -0.05) is 12.1 Å². The zero-order chi connectivity index (χ0) is 17.2. The first-order valence-electron chi connectivity index (χ1n) is 8.43. The zero-order valence-corrected chi connectivity index (χ0v) is 13.7. The number of nitrogens with zero attached hydrogens (tertiary/aromatic N) is 1. The summed E-state index contributed by atoms with van der Waals surface area (Å²) in [4.78, 5) is 15.8. The van der Waals surface area contributed by atoms with Crippen molar-refractivity contribution in [3.8, 4) is 0 Å². The van der Waals surface area contributed by atoms with Crippen molar-refractivity contribution in [1.29, 1.82) is 0 Å². The molecule has 0 saturated carbocycles. The minimum Gasteiger partial charge on any atom is -0.358 e. The van der Waals surface area contributed by atoms with Crippen molar-refractivity contribution in [3.05, 3.63) is 70.7 Å². The molecule has 0 unspecified atom stereocenters. The van der Waals surface area contributed by atoms with Gasteiger partial charge in [0.1, 0.15) is 5.82 Å². The number of carbonyl (C=O) groups is 1. The number of hydrogen-bond acceptors (Lipinski definition) is 2. The average molecular weight is 335 g/mol. The molecular weight excluding hydrogens is 317 g/mol. The molecule has 0 radical (unpaired) electrons. The number of aryl methyl sites for hydroxylation is 2. The highest BCUT2D eigenvalue weighted by Gasteiger charge is 2.16. The zero-order valence-electron chi connectivity index (χ0n) is 13.7. The lowest BCUT2D eigenvalue weighted by Crippen LogP contribution is -2.17. The van der Waals surface area contributed by atoms with E-state index in [9.17, 15) is 9.18 Å². The first kappa shape index (κ1) is 15.6. The van der Waals surface area contributed by atoms with Crippen LogP contribution in [0.4, 0.5) is 4.39 Å². The largest absolute Gasteiger partial charge is 0.358 e. The second-order valence-corrected chi connectivity index (χ2v) is 6.30. The topological polar surface area (TPSA) is 57.2 Å². The minimum atomic E-state index is -0.335. The molecule has 2 N–H and O–H groups in total. The molecule has 126 valence electrons. The lowest BCUT2D eigenvalue weighted by molar-refractivity contribution is 0.0955. The molecule has 1 amide bonds. The highest BCUT2D eigenvalue weighted by Crippen LogP contribution is 2.29. The maximum absolute atomic E-state index is 13.1. The standard InChI is InChI=1S/C20H18FN3O/c21-15-5-3-4-13(10-15)12-22-24-20(25)14-8-9-19-17(11-14)16-6-1-2-7-18(16)23-19/h3-5,8-12,23H,1-2,6-7H2,(H,24,25)/b22-12+. The van der Waals surface area contributed by atoms with Crippen molar-refractivity contribution in [1.82, 2.24) is 10.4 Å². The van der Waals surface area contributed by atoms with Crippen LogP contribution in [0.5, 0.6) is 0 Å². The third-order valence-corrected chi connectivity index (χ3v) is 4.59. The molecule has 2 aromatic carbocycles. The molecule has 0 saturated heterocycles. The molecule has 3 aromatic rings. The van der Waals surface area contributed by atoms with Gasteiger partial charge in [0.25, 0.3) is 5.91 Å². The molecule has 5 heteroatoms. The highest BCUT2D eigenvalue weighted by molar-refractivity contribution is 5.99. The summed E-state index contributed by atoms with van der Waals surface area (Å²) in [5.41, 5.74) is 7.36. The van der Waals surface area contributed by atoms with Crippen molar-refractivity contribution < 1.29 is 9.18 Å². The Hall–Kier alpha value is -2.95. The van der Waals surface area contributed by atoms with Gasteiger partial charge in [-0.3, -0.25) is 4.79 Å². The van der Waals surface area contributed by atoms with E-state index in [1.165, 1.54) is 42.4 Å². The third-order valence-electron chi connectivity index (χ3n) is 4.59. The van der Waals surface area contributed by atoms with Crippen molar-refractivity contribution in [2.45, 2.75) is 25.7 Å². The van der Waals surface area contributed by atoms with E-state index < -0.39 is 0 Å². The van der Waals surface area contributed by atoms with Gasteiger partial charge in [-0.2, -0.15) is 5.10 Å². The van der Waals surface area contributed by atoms with Crippen molar-refractivity contribution in [2.75, 3.05) is 0 Å². The number of carbonyl (C=O) groups excluding carboxylic acids is 1. The number of hydrogen-bond donors (Lipinski definition) is 2. The van der Waals surface area contributed by atoms with Gasteiger partial charge in [0.2, 0.25) is 0 Å². The van der Waals surface area contributed by atoms with Gasteiger partial charge in [0, 0.05) is 22.2 Å². The van der Waals surface area contributed by atoms with Gasteiger partial charge in [0.05, 0.1) is 6.21 Å². The highest BCUT2D eigenvalue weighted by atomic mass is 19.1. The fourth-order valence-corrected chi connectivity index (χ4v) is 3.36. The van der Waals surface area contributed by atoms with E-state index in [-0.39, 0.29) is 11.7 Å². The number of amides is 1. The van der Waals surface area contributed by atoms with Crippen LogP contribution in [0, 0.1) is 5.82 Å². The number of fused-ring (bicyclic) bond motifs is 3. The van der Waals surface area contributed by atoms with Crippen LogP contribution >= 0.6 is 0 Å². The van der Waals surface area contributed by atoms with Gasteiger partial charge in [0.15, 0.2) is 0 Å². The van der Waals surface area contributed by atoms with E-state index in [0.717, 1.165) is 23.7 Å². The summed E-state index contributed by atoms with van der Waals surface area (Å²) >= 11 is 0. The SMILES string of the molecule is O=C(N/N=C/c1cccc(F)c1)c1ccc2[nH]c3c(c2c1)CCCC3.